The maximum Gasteiger partial charge on any atom is 0.433 e. The zero-order chi connectivity index (χ0) is 12.8. The minimum atomic E-state index is -0.679. The van der Waals surface area contributed by atoms with Crippen LogP contribution in [0.15, 0.2) is 16.5 Å². The monoisotopic (exact) mass is 304 g/mol. The summed E-state index contributed by atoms with van der Waals surface area (Å²) in [6.45, 7) is 2.51. The highest BCUT2D eigenvalue weighted by Gasteiger charge is 2.17. The minimum absolute atomic E-state index is 0.0482. The molecule has 0 fully saturated rings. The first-order valence-corrected chi connectivity index (χ1v) is 6.12. The summed E-state index contributed by atoms with van der Waals surface area (Å²) in [5.41, 5.74) is 0. The van der Waals surface area contributed by atoms with Crippen LogP contribution >= 0.6 is 15.9 Å². The van der Waals surface area contributed by atoms with Gasteiger partial charge >= 0.3 is 5.88 Å². The van der Waals surface area contributed by atoms with Crippen molar-refractivity contribution in [1.29, 1.82) is 0 Å². The van der Waals surface area contributed by atoms with Crippen LogP contribution in [0.3, 0.4) is 0 Å². The molecular formula is C10H13BrN2O4. The Hall–Kier alpha value is -1.37. The molecule has 0 aromatic carbocycles. The highest BCUT2D eigenvalue weighted by atomic mass is 79.9. The number of halogens is 1. The molecule has 1 amide bonds. The zero-order valence-electron chi connectivity index (χ0n) is 9.31. The summed E-state index contributed by atoms with van der Waals surface area (Å²) >= 11 is 3.41. The molecule has 1 N–H and O–H groups in total. The van der Waals surface area contributed by atoms with Gasteiger partial charge in [0.2, 0.25) is 0 Å². The van der Waals surface area contributed by atoms with Crippen LogP contribution in [0.5, 0.6) is 0 Å². The molecular weight excluding hydrogens is 292 g/mol. The van der Waals surface area contributed by atoms with Gasteiger partial charge in [0.1, 0.15) is 4.92 Å². The maximum atomic E-state index is 11.5. The highest BCUT2D eigenvalue weighted by molar-refractivity contribution is 9.09. The standard InChI is InChI=1S/C10H13BrN2O4/c1-2-3-7(11)6-12-10(14)8-4-5-9(17-8)13(15)16/h4-5,7H,2-3,6H2,1H3,(H,12,14). The Morgan fingerprint density at radius 2 is 2.35 bits per heavy atom. The van der Waals surface area contributed by atoms with Crippen molar-refractivity contribution in [1.82, 2.24) is 5.32 Å². The van der Waals surface area contributed by atoms with Crippen molar-refractivity contribution in [3.8, 4) is 0 Å². The molecule has 1 rings (SSSR count). The number of nitro groups is 1. The molecule has 0 aliphatic heterocycles. The van der Waals surface area contributed by atoms with Crippen LogP contribution in [0.25, 0.3) is 0 Å². The predicted octanol–water partition coefficient (Wildman–Crippen LogP) is 2.48. The molecule has 0 saturated heterocycles. The molecule has 17 heavy (non-hydrogen) atoms. The molecule has 6 nitrogen and oxygen atoms in total. The van der Waals surface area contributed by atoms with Crippen molar-refractivity contribution in [3.05, 3.63) is 28.0 Å². The summed E-state index contributed by atoms with van der Waals surface area (Å²) in [4.78, 5) is 21.4. The van der Waals surface area contributed by atoms with Gasteiger partial charge in [0.25, 0.3) is 5.91 Å². The fourth-order valence-corrected chi connectivity index (χ4v) is 1.87. The van der Waals surface area contributed by atoms with E-state index < -0.39 is 16.7 Å². The van der Waals surface area contributed by atoms with E-state index >= 15 is 0 Å². The van der Waals surface area contributed by atoms with Crippen molar-refractivity contribution in [2.24, 2.45) is 0 Å². The fraction of sp³-hybridized carbons (Fsp3) is 0.500. The number of hydrogen-bond acceptors (Lipinski definition) is 4. The predicted molar refractivity (Wildman–Crippen MR) is 65.3 cm³/mol. The van der Waals surface area contributed by atoms with Gasteiger partial charge in [0.15, 0.2) is 5.76 Å². The van der Waals surface area contributed by atoms with Gasteiger partial charge in [-0.15, -0.1) is 0 Å². The second kappa shape index (κ2) is 6.39. The summed E-state index contributed by atoms with van der Waals surface area (Å²) in [6, 6.07) is 2.45. The summed E-state index contributed by atoms with van der Waals surface area (Å²) in [5.74, 6) is -0.925. The van der Waals surface area contributed by atoms with Gasteiger partial charge in [0, 0.05) is 11.4 Å². The highest BCUT2D eigenvalue weighted by Crippen LogP contribution is 2.15. The first-order valence-electron chi connectivity index (χ1n) is 5.21. The number of carbonyl (C=O) groups excluding carboxylic acids is 1. The number of nitrogens with one attached hydrogen (secondary N) is 1. The van der Waals surface area contributed by atoms with Gasteiger partial charge in [-0.1, -0.05) is 29.3 Å². The molecule has 94 valence electrons. The number of alkyl halides is 1. The van der Waals surface area contributed by atoms with Crippen molar-refractivity contribution >= 4 is 27.7 Å². The van der Waals surface area contributed by atoms with E-state index in [1.807, 2.05) is 6.92 Å². The number of nitrogens with zero attached hydrogens (tertiary/aromatic N) is 1. The lowest BCUT2D eigenvalue weighted by Gasteiger charge is -2.08. The number of hydrogen-bond donors (Lipinski definition) is 1. The van der Waals surface area contributed by atoms with Crippen LogP contribution < -0.4 is 5.32 Å². The molecule has 1 unspecified atom stereocenters. The summed E-state index contributed by atoms with van der Waals surface area (Å²) in [7, 11) is 0. The van der Waals surface area contributed by atoms with E-state index in [2.05, 4.69) is 21.2 Å². The lowest BCUT2D eigenvalue weighted by atomic mass is 10.2. The van der Waals surface area contributed by atoms with Gasteiger partial charge in [-0.25, -0.2) is 0 Å². The zero-order valence-corrected chi connectivity index (χ0v) is 10.9. The van der Waals surface area contributed by atoms with Crippen LogP contribution in [0.4, 0.5) is 5.88 Å². The van der Waals surface area contributed by atoms with Crippen molar-refractivity contribution in [2.45, 2.75) is 24.6 Å². The third-order valence-corrected chi connectivity index (χ3v) is 2.86. The Morgan fingerprint density at radius 1 is 1.65 bits per heavy atom. The number of amides is 1. The molecule has 0 saturated carbocycles. The lowest BCUT2D eigenvalue weighted by molar-refractivity contribution is -0.402. The van der Waals surface area contributed by atoms with Crippen LogP contribution in [0.1, 0.15) is 30.3 Å². The van der Waals surface area contributed by atoms with Crippen molar-refractivity contribution < 1.29 is 14.1 Å². The SMILES string of the molecule is CCCC(Br)CNC(=O)c1ccc([N+](=O)[O-])o1. The van der Waals surface area contributed by atoms with Crippen LogP contribution in [-0.2, 0) is 0 Å². The average molecular weight is 305 g/mol. The third kappa shape index (κ3) is 4.18. The van der Waals surface area contributed by atoms with Crippen LogP contribution in [0, 0.1) is 10.1 Å². The topological polar surface area (TPSA) is 85.4 Å². The van der Waals surface area contributed by atoms with E-state index in [1.165, 1.54) is 6.07 Å². The largest absolute Gasteiger partial charge is 0.433 e. The quantitative estimate of drug-likeness (QED) is 0.497. The molecule has 1 aromatic rings. The van der Waals surface area contributed by atoms with E-state index in [0.717, 1.165) is 18.9 Å². The number of rotatable bonds is 6. The summed E-state index contributed by atoms with van der Waals surface area (Å²) in [6.07, 6.45) is 1.95. The molecule has 1 atom stereocenters. The second-order valence-corrected chi connectivity index (χ2v) is 4.79. The van der Waals surface area contributed by atoms with Crippen molar-refractivity contribution in [2.75, 3.05) is 6.54 Å². The Labute approximate surface area is 107 Å². The van der Waals surface area contributed by atoms with Crippen molar-refractivity contribution in [3.63, 3.8) is 0 Å². The van der Waals surface area contributed by atoms with Crippen LogP contribution in [-0.4, -0.2) is 22.2 Å². The first-order chi connectivity index (χ1) is 8.04. The molecule has 7 heteroatoms. The fourth-order valence-electron chi connectivity index (χ4n) is 1.25. The molecule has 0 radical (unpaired) electrons. The van der Waals surface area contributed by atoms with Gasteiger partial charge in [0.05, 0.1) is 6.07 Å². The van der Waals surface area contributed by atoms with E-state index in [1.54, 1.807) is 0 Å². The van der Waals surface area contributed by atoms with E-state index in [0.29, 0.717) is 6.54 Å². The normalized spacial score (nSPS) is 12.1. The maximum absolute atomic E-state index is 11.5. The lowest BCUT2D eigenvalue weighted by Crippen LogP contribution is -2.29. The average Bonchev–Trinajstić information content (AvgIpc) is 2.75. The summed E-state index contributed by atoms with van der Waals surface area (Å²) < 4.78 is 4.77. The molecule has 0 aliphatic carbocycles. The van der Waals surface area contributed by atoms with E-state index in [-0.39, 0.29) is 10.6 Å². The minimum Gasteiger partial charge on any atom is -0.395 e. The molecule has 0 aliphatic rings. The molecule has 1 heterocycles. The smallest absolute Gasteiger partial charge is 0.395 e. The first kappa shape index (κ1) is 13.7. The van der Waals surface area contributed by atoms with Gasteiger partial charge in [-0.3, -0.25) is 14.9 Å². The molecule has 1 aromatic heterocycles. The molecule has 0 spiro atoms. The Kier molecular flexibility index (Phi) is 5.14. The Morgan fingerprint density at radius 3 is 2.88 bits per heavy atom. The summed E-state index contributed by atoms with van der Waals surface area (Å²) in [5, 5.41) is 13.0. The Bertz CT molecular complexity index is 405. The third-order valence-electron chi connectivity index (χ3n) is 2.08. The van der Waals surface area contributed by atoms with Gasteiger partial charge in [-0.05, 0) is 12.5 Å². The second-order valence-electron chi connectivity index (χ2n) is 3.49. The van der Waals surface area contributed by atoms with Gasteiger partial charge < -0.3 is 9.73 Å². The Balaban J connectivity index is 2.49. The number of carbonyl (C=O) groups is 1. The van der Waals surface area contributed by atoms with E-state index in [9.17, 15) is 14.9 Å². The number of furan rings is 1. The van der Waals surface area contributed by atoms with Crippen LogP contribution in [0.2, 0.25) is 0 Å². The molecule has 0 bridgehead atoms. The van der Waals surface area contributed by atoms with Gasteiger partial charge in [-0.2, -0.15) is 0 Å². The van der Waals surface area contributed by atoms with E-state index in [4.69, 9.17) is 4.42 Å².